The number of hydrogen-bond acceptors (Lipinski definition) is 2. The second-order valence-corrected chi connectivity index (χ2v) is 11.6. The van der Waals surface area contributed by atoms with Gasteiger partial charge in [-0.3, -0.25) is 4.79 Å². The first kappa shape index (κ1) is 20.5. The molecule has 5 rings (SSSR count). The largest absolute Gasteiger partial charge is 0.374 e. The fraction of sp³-hybridized carbons (Fsp3) is 0.741. The van der Waals surface area contributed by atoms with Crippen LogP contribution in [0.1, 0.15) is 71.3 Å². The molecule has 3 heteroatoms. The molecule has 3 saturated carbocycles. The van der Waals surface area contributed by atoms with Crippen molar-refractivity contribution in [3.63, 3.8) is 0 Å². The van der Waals surface area contributed by atoms with Gasteiger partial charge in [0.05, 0.1) is 12.7 Å². The summed E-state index contributed by atoms with van der Waals surface area (Å²) >= 11 is 0. The van der Waals surface area contributed by atoms with Crippen molar-refractivity contribution in [1.29, 1.82) is 0 Å². The third-order valence-corrected chi connectivity index (χ3v) is 9.99. The number of benzene rings is 1. The lowest BCUT2D eigenvalue weighted by atomic mass is 9.45. The molecule has 4 aliphatic rings. The zero-order chi connectivity index (χ0) is 21.1. The Morgan fingerprint density at radius 1 is 1.10 bits per heavy atom. The van der Waals surface area contributed by atoms with E-state index in [1.807, 2.05) is 0 Å². The number of likely N-dealkylation sites (tertiary alicyclic amines) is 1. The molecule has 1 heterocycles. The van der Waals surface area contributed by atoms with Crippen LogP contribution >= 0.6 is 0 Å². The average Bonchev–Trinajstić information content (AvgIpc) is 3.08. The van der Waals surface area contributed by atoms with Gasteiger partial charge in [0, 0.05) is 19.5 Å². The number of carbonyl (C=O) groups is 1. The Morgan fingerprint density at radius 2 is 1.87 bits per heavy atom. The highest BCUT2D eigenvalue weighted by atomic mass is 16.5. The first-order valence-electron chi connectivity index (χ1n) is 12.2. The van der Waals surface area contributed by atoms with E-state index in [-0.39, 0.29) is 0 Å². The van der Waals surface area contributed by atoms with Crippen LogP contribution in [0.15, 0.2) is 30.3 Å². The smallest absolute Gasteiger partial charge is 0.222 e. The summed E-state index contributed by atoms with van der Waals surface area (Å²) in [6, 6.07) is 11.1. The van der Waals surface area contributed by atoms with Crippen molar-refractivity contribution in [3.05, 3.63) is 35.9 Å². The molecule has 1 amide bonds. The molecule has 3 aliphatic carbocycles. The quantitative estimate of drug-likeness (QED) is 0.643. The van der Waals surface area contributed by atoms with Gasteiger partial charge >= 0.3 is 0 Å². The number of amides is 1. The van der Waals surface area contributed by atoms with Gasteiger partial charge in [0.15, 0.2) is 0 Å². The third kappa shape index (κ3) is 3.15. The van der Waals surface area contributed by atoms with Gasteiger partial charge in [0.2, 0.25) is 5.91 Å². The summed E-state index contributed by atoms with van der Waals surface area (Å²) in [6.07, 6.45) is 8.52. The molecule has 164 valence electrons. The zero-order valence-electron chi connectivity index (χ0n) is 19.3. The number of piperidine rings is 1. The average molecular weight is 410 g/mol. The maximum atomic E-state index is 12.4. The van der Waals surface area contributed by atoms with Gasteiger partial charge in [-0.25, -0.2) is 0 Å². The molecule has 1 aliphatic heterocycles. The van der Waals surface area contributed by atoms with Crippen LogP contribution in [-0.2, 0) is 16.1 Å². The lowest BCUT2D eigenvalue weighted by Gasteiger charge is -2.63. The summed E-state index contributed by atoms with van der Waals surface area (Å²) in [5.74, 6) is 3.37. The minimum absolute atomic E-state index is 0.296. The van der Waals surface area contributed by atoms with Crippen LogP contribution < -0.4 is 0 Å². The number of fused-ring (bicyclic) bond motifs is 5. The molecule has 0 aromatic heterocycles. The number of rotatable bonds is 3. The maximum Gasteiger partial charge on any atom is 0.222 e. The van der Waals surface area contributed by atoms with E-state index in [1.54, 1.807) is 0 Å². The van der Waals surface area contributed by atoms with E-state index in [9.17, 15) is 4.79 Å². The van der Waals surface area contributed by atoms with Crippen LogP contribution in [0, 0.1) is 34.5 Å². The summed E-state index contributed by atoms with van der Waals surface area (Å²) < 4.78 is 6.47. The van der Waals surface area contributed by atoms with Crippen LogP contribution in [0.5, 0.6) is 0 Å². The second-order valence-electron chi connectivity index (χ2n) is 11.6. The van der Waals surface area contributed by atoms with Crippen molar-refractivity contribution >= 4 is 5.91 Å². The summed E-state index contributed by atoms with van der Waals surface area (Å²) in [5, 5.41) is 0. The minimum atomic E-state index is 0.296. The minimum Gasteiger partial charge on any atom is -0.374 e. The number of hydrogen-bond donors (Lipinski definition) is 0. The molecule has 0 bridgehead atoms. The molecule has 1 saturated heterocycles. The van der Waals surface area contributed by atoms with Crippen molar-refractivity contribution in [1.82, 2.24) is 4.90 Å². The van der Waals surface area contributed by atoms with Crippen LogP contribution in [0.2, 0.25) is 0 Å². The van der Waals surface area contributed by atoms with Crippen molar-refractivity contribution in [2.45, 2.75) is 84.5 Å². The summed E-state index contributed by atoms with van der Waals surface area (Å²) in [5.41, 5.74) is 2.01. The third-order valence-electron chi connectivity index (χ3n) is 9.99. The molecular formula is C27H39NO2. The molecule has 4 fully saturated rings. The maximum absolute atomic E-state index is 12.4. The number of ether oxygens (including phenoxy) is 1. The predicted molar refractivity (Wildman–Crippen MR) is 120 cm³/mol. The fourth-order valence-corrected chi connectivity index (χ4v) is 8.37. The Morgan fingerprint density at radius 3 is 2.63 bits per heavy atom. The summed E-state index contributed by atoms with van der Waals surface area (Å²) in [7, 11) is 2.06. The molecule has 0 unspecified atom stereocenters. The highest BCUT2D eigenvalue weighted by Gasteiger charge is 2.62. The molecule has 30 heavy (non-hydrogen) atoms. The molecule has 8 atom stereocenters. The Bertz CT molecular complexity index is 793. The van der Waals surface area contributed by atoms with Crippen LogP contribution in [-0.4, -0.2) is 30.0 Å². The van der Waals surface area contributed by atoms with Gasteiger partial charge in [0.25, 0.3) is 0 Å². The van der Waals surface area contributed by atoms with Crippen LogP contribution in [0.4, 0.5) is 0 Å². The lowest BCUT2D eigenvalue weighted by molar-refractivity contribution is -0.164. The van der Waals surface area contributed by atoms with Gasteiger partial charge in [-0.1, -0.05) is 51.1 Å². The highest BCUT2D eigenvalue weighted by molar-refractivity contribution is 5.77. The topological polar surface area (TPSA) is 29.5 Å². The predicted octanol–water partition coefficient (Wildman–Crippen LogP) is 5.68. The van der Waals surface area contributed by atoms with Gasteiger partial charge in [0.1, 0.15) is 0 Å². The van der Waals surface area contributed by atoms with E-state index in [1.165, 1.54) is 37.7 Å². The highest BCUT2D eigenvalue weighted by Crippen LogP contribution is 2.66. The molecule has 0 N–H and O–H groups in total. The van der Waals surface area contributed by atoms with Gasteiger partial charge < -0.3 is 9.64 Å². The fourth-order valence-electron chi connectivity index (χ4n) is 8.37. The van der Waals surface area contributed by atoms with Crippen molar-refractivity contribution in [3.8, 4) is 0 Å². The van der Waals surface area contributed by atoms with Crippen LogP contribution in [0.25, 0.3) is 0 Å². The van der Waals surface area contributed by atoms with E-state index in [2.05, 4.69) is 63.1 Å². The molecule has 0 spiro atoms. The molecular weight excluding hydrogens is 370 g/mol. The Balaban J connectivity index is 1.35. The number of carbonyl (C=O) groups excluding carboxylic acids is 1. The van der Waals surface area contributed by atoms with Gasteiger partial charge in [-0.05, 0) is 78.6 Å². The van der Waals surface area contributed by atoms with Crippen molar-refractivity contribution in [2.24, 2.45) is 34.5 Å². The molecule has 0 radical (unpaired) electrons. The van der Waals surface area contributed by atoms with Gasteiger partial charge in [-0.15, -0.1) is 0 Å². The van der Waals surface area contributed by atoms with E-state index in [0.29, 0.717) is 34.8 Å². The number of nitrogens with zero attached hydrogens (tertiary/aromatic N) is 1. The van der Waals surface area contributed by atoms with E-state index in [4.69, 9.17) is 4.74 Å². The monoisotopic (exact) mass is 409 g/mol. The molecule has 1 aromatic carbocycles. The van der Waals surface area contributed by atoms with E-state index < -0.39 is 0 Å². The van der Waals surface area contributed by atoms with Crippen molar-refractivity contribution in [2.75, 3.05) is 7.05 Å². The van der Waals surface area contributed by atoms with Crippen molar-refractivity contribution < 1.29 is 9.53 Å². The normalized spacial score (nSPS) is 45.6. The zero-order valence-corrected chi connectivity index (χ0v) is 19.3. The molecule has 3 nitrogen and oxygen atoms in total. The summed E-state index contributed by atoms with van der Waals surface area (Å²) in [6.45, 7) is 8.29. The Hall–Kier alpha value is -1.35. The Kier molecular flexibility index (Phi) is 5.04. The SMILES string of the molecule is C[C@H]1C[C@H]2N(C)C(=O)CC[C@]2(C)[C@H]2CC[C@]3(C)C[C@@H](OCc4ccccc4)C[C@H]3[C@H]12. The van der Waals surface area contributed by atoms with Gasteiger partial charge in [-0.2, -0.15) is 0 Å². The first-order valence-corrected chi connectivity index (χ1v) is 12.2. The van der Waals surface area contributed by atoms with E-state index in [0.717, 1.165) is 37.2 Å². The lowest BCUT2D eigenvalue weighted by Crippen LogP contribution is -2.62. The first-order chi connectivity index (χ1) is 14.3. The second kappa shape index (κ2) is 7.36. The molecule has 1 aromatic rings. The standard InChI is InChI=1S/C27H39NO2/c1-18-14-23-27(3,13-11-24(29)28(23)4)21-10-12-26(2)16-20(15-22(26)25(18)21)30-17-19-8-6-5-7-9-19/h5-9,18,20-23,25H,10-17H2,1-4H3/t18-,20-,21-,22-,23+,25+,26+,27+/m0/s1. The van der Waals surface area contributed by atoms with E-state index >= 15 is 0 Å². The Labute approximate surface area is 182 Å². The van der Waals surface area contributed by atoms with Crippen LogP contribution in [0.3, 0.4) is 0 Å². The summed E-state index contributed by atoms with van der Waals surface area (Å²) in [4.78, 5) is 14.5.